The van der Waals surface area contributed by atoms with Crippen LogP contribution < -0.4 is 0 Å². The first kappa shape index (κ1) is 44.1. The first-order valence-corrected chi connectivity index (χ1v) is 29.1. The van der Waals surface area contributed by atoms with Gasteiger partial charge in [-0.3, -0.25) is 9.97 Å². The highest BCUT2D eigenvalue weighted by Gasteiger charge is 2.34. The zero-order valence-electron chi connectivity index (χ0n) is 42.3. The lowest BCUT2D eigenvalue weighted by Gasteiger charge is -2.28. The molecular weight excluding hydrogens is 1030 g/mol. The van der Waals surface area contributed by atoms with Crippen LogP contribution in [-0.2, 0) is 0 Å². The van der Waals surface area contributed by atoms with Crippen LogP contribution >= 0.6 is 34.0 Å². The van der Waals surface area contributed by atoms with Gasteiger partial charge in [0.2, 0.25) is 0 Å². The van der Waals surface area contributed by atoms with Crippen molar-refractivity contribution in [2.75, 3.05) is 0 Å². The lowest BCUT2D eigenvalue weighted by atomic mass is 9.89. The lowest BCUT2D eigenvalue weighted by Crippen LogP contribution is -2.13. The van der Waals surface area contributed by atoms with E-state index < -0.39 is 0 Å². The average molecular weight is 1070 g/mol. The molecule has 0 saturated heterocycles. The summed E-state index contributed by atoms with van der Waals surface area (Å²) in [5, 5.41) is 26.9. The predicted molar refractivity (Wildman–Crippen MR) is 339 cm³/mol. The number of thiophene rings is 3. The fourth-order valence-corrected chi connectivity index (χ4v) is 16.7. The van der Waals surface area contributed by atoms with E-state index in [0.717, 1.165) is 105 Å². The van der Waals surface area contributed by atoms with Gasteiger partial charge in [-0.25, -0.2) is 0 Å². The maximum atomic E-state index is 12.8. The Kier molecular flexibility index (Phi) is 9.11. The molecule has 0 atom stereocenters. The largest absolute Gasteiger partial charge is 0.308 e. The summed E-state index contributed by atoms with van der Waals surface area (Å²) in [6.45, 7) is 0. The zero-order chi connectivity index (χ0) is 52.3. The molecule has 0 aliphatic rings. The summed E-state index contributed by atoms with van der Waals surface area (Å²) in [6, 6.07) is 78.2. The molecule has 0 spiro atoms. The number of rotatable bonds is 5. The third kappa shape index (κ3) is 5.99. The van der Waals surface area contributed by atoms with E-state index >= 15 is 0 Å². The molecule has 0 radical (unpaired) electrons. The van der Waals surface area contributed by atoms with Crippen LogP contribution in [-0.4, -0.2) is 23.7 Å². The Morgan fingerprint density at radius 3 is 0.988 bits per heavy atom. The molecule has 80 heavy (non-hydrogen) atoms. The number of nitriles is 1. The third-order valence-electron chi connectivity index (χ3n) is 16.6. The molecule has 8 aromatic heterocycles. The van der Waals surface area contributed by atoms with Crippen LogP contribution in [0, 0.1) is 11.3 Å². The van der Waals surface area contributed by atoms with E-state index in [4.69, 9.17) is 9.97 Å². The van der Waals surface area contributed by atoms with Gasteiger partial charge in [0, 0.05) is 140 Å². The highest BCUT2D eigenvalue weighted by atomic mass is 32.1. The summed E-state index contributed by atoms with van der Waals surface area (Å²) in [5.41, 5.74) is 12.6. The van der Waals surface area contributed by atoms with Gasteiger partial charge >= 0.3 is 0 Å². The average Bonchev–Trinajstić information content (AvgIpc) is 4.51. The van der Waals surface area contributed by atoms with Crippen molar-refractivity contribution in [1.29, 1.82) is 5.26 Å². The van der Waals surface area contributed by atoms with Gasteiger partial charge in [-0.2, -0.15) is 5.26 Å². The van der Waals surface area contributed by atoms with Crippen molar-refractivity contribution in [3.05, 3.63) is 237 Å². The highest BCUT2D eigenvalue weighted by Crippen LogP contribution is 2.54. The van der Waals surface area contributed by atoms with Gasteiger partial charge in [-0.1, -0.05) is 121 Å². The number of para-hydroxylation sites is 3. The Balaban J connectivity index is 1.13. The van der Waals surface area contributed by atoms with E-state index in [1.807, 2.05) is 70.9 Å². The van der Waals surface area contributed by atoms with Crippen LogP contribution in [0.2, 0.25) is 0 Å². The van der Waals surface area contributed by atoms with E-state index in [0.29, 0.717) is 5.56 Å². The Labute approximate surface area is 467 Å². The number of aromatic nitrogens is 5. The number of fused-ring (bicyclic) bond motifs is 18. The van der Waals surface area contributed by atoms with Crippen LogP contribution in [0.25, 0.3) is 165 Å². The van der Waals surface area contributed by atoms with Gasteiger partial charge in [-0.05, 0) is 84.9 Å². The molecule has 370 valence electrons. The molecule has 0 unspecified atom stereocenters. The second kappa shape index (κ2) is 16.5. The maximum Gasteiger partial charge on any atom is 0.104 e. The molecule has 0 aliphatic carbocycles. The van der Waals surface area contributed by atoms with E-state index in [9.17, 15) is 5.26 Å². The molecule has 9 heteroatoms. The van der Waals surface area contributed by atoms with Gasteiger partial charge in [-0.15, -0.1) is 34.0 Å². The van der Waals surface area contributed by atoms with Gasteiger partial charge in [0.05, 0.1) is 50.2 Å². The number of hydrogen-bond acceptors (Lipinski definition) is 6. The molecular formula is C71H38N6S3. The Morgan fingerprint density at radius 2 is 0.637 bits per heavy atom. The predicted octanol–water partition coefficient (Wildman–Crippen LogP) is 20.1. The third-order valence-corrected chi connectivity index (χ3v) is 20.0. The van der Waals surface area contributed by atoms with Crippen molar-refractivity contribution in [2.45, 2.75) is 0 Å². The van der Waals surface area contributed by atoms with Gasteiger partial charge < -0.3 is 13.7 Å². The SMILES string of the molecule is N#Cc1c(-n2c3ccccc3c3cc4c(cc32)sc2ccccc24)c(-c2cccnc2)c(-n2c3ccccc3c3cc4c(cc32)sc2ccccc24)c(-c2cccnc2)c1-n1c2ccccc2c2cc3c(cc21)sc1ccccc13. The fourth-order valence-electron chi connectivity index (χ4n) is 13.3. The lowest BCUT2D eigenvalue weighted by molar-refractivity contribution is 1.09. The van der Waals surface area contributed by atoms with Crippen molar-refractivity contribution in [1.82, 2.24) is 23.7 Å². The molecule has 0 fully saturated rings. The summed E-state index contributed by atoms with van der Waals surface area (Å²) in [7, 11) is 0. The topological polar surface area (TPSA) is 64.4 Å². The minimum Gasteiger partial charge on any atom is -0.308 e. The summed E-state index contributed by atoms with van der Waals surface area (Å²) in [6.07, 6.45) is 7.64. The van der Waals surface area contributed by atoms with E-state index in [2.05, 4.69) is 214 Å². The van der Waals surface area contributed by atoms with Crippen molar-refractivity contribution < 1.29 is 0 Å². The summed E-state index contributed by atoms with van der Waals surface area (Å²) in [4.78, 5) is 9.86. The molecule has 18 rings (SSSR count). The number of nitrogens with zero attached hydrogens (tertiary/aromatic N) is 6. The van der Waals surface area contributed by atoms with Crippen LogP contribution in [0.1, 0.15) is 5.56 Å². The zero-order valence-corrected chi connectivity index (χ0v) is 44.8. The quantitative estimate of drug-likeness (QED) is 0.172. The van der Waals surface area contributed by atoms with Crippen molar-refractivity contribution in [2.24, 2.45) is 0 Å². The van der Waals surface area contributed by atoms with Crippen molar-refractivity contribution >= 4 is 160 Å². The Hall–Kier alpha value is -9.95. The standard InChI is InChI=1S/C71H38N6S3/c72-37-54-69(75-55-23-7-1-17-42(55)48-31-51-45-20-4-10-26-61(45)78-64(51)34-58(48)75)67(40-15-13-29-73-38-40)71(77-57-25-9-3-19-44(57)50-33-53-47-22-6-12-28-63(47)80-66(53)36-60(50)77)68(41-16-14-30-74-39-41)70(54)76-56-24-8-2-18-43(56)49-32-52-46-21-5-11-27-62(46)79-65(52)35-59(49)76/h1-36,38-39H. The molecule has 0 N–H and O–H groups in total. The van der Waals surface area contributed by atoms with E-state index in [1.165, 1.54) is 60.5 Å². The fraction of sp³-hybridized carbons (Fsp3) is 0. The first-order chi connectivity index (χ1) is 39.7. The summed E-state index contributed by atoms with van der Waals surface area (Å²) in [5.74, 6) is 0. The van der Waals surface area contributed by atoms with Crippen LogP contribution in [0.5, 0.6) is 0 Å². The summed E-state index contributed by atoms with van der Waals surface area (Å²) >= 11 is 5.45. The minimum atomic E-state index is 0.525. The number of hydrogen-bond donors (Lipinski definition) is 0. The van der Waals surface area contributed by atoms with Gasteiger partial charge in [0.1, 0.15) is 11.6 Å². The van der Waals surface area contributed by atoms with Gasteiger partial charge in [0.25, 0.3) is 0 Å². The highest BCUT2D eigenvalue weighted by molar-refractivity contribution is 7.26. The second-order valence-electron chi connectivity index (χ2n) is 20.7. The Bertz CT molecular complexity index is 5490. The maximum absolute atomic E-state index is 12.8. The van der Waals surface area contributed by atoms with Crippen LogP contribution in [0.3, 0.4) is 0 Å². The molecule has 0 saturated carbocycles. The molecule has 0 amide bonds. The monoisotopic (exact) mass is 1070 g/mol. The first-order valence-electron chi connectivity index (χ1n) is 26.7. The summed E-state index contributed by atoms with van der Waals surface area (Å²) < 4.78 is 14.6. The van der Waals surface area contributed by atoms with Crippen LogP contribution in [0.4, 0.5) is 0 Å². The smallest absolute Gasteiger partial charge is 0.104 e. The molecule has 10 aromatic carbocycles. The van der Waals surface area contributed by atoms with E-state index in [1.54, 1.807) is 0 Å². The molecule has 0 aliphatic heterocycles. The van der Waals surface area contributed by atoms with Gasteiger partial charge in [0.15, 0.2) is 0 Å². The van der Waals surface area contributed by atoms with Crippen molar-refractivity contribution in [3.8, 4) is 45.4 Å². The number of benzene rings is 10. The number of pyridine rings is 2. The van der Waals surface area contributed by atoms with E-state index in [-0.39, 0.29) is 0 Å². The second-order valence-corrected chi connectivity index (χ2v) is 24.0. The minimum absolute atomic E-state index is 0.525. The molecule has 8 heterocycles. The molecule has 18 aromatic rings. The normalized spacial score (nSPS) is 12.2. The molecule has 6 nitrogen and oxygen atoms in total. The Morgan fingerprint density at radius 1 is 0.300 bits per heavy atom. The van der Waals surface area contributed by atoms with Crippen molar-refractivity contribution in [3.63, 3.8) is 0 Å². The molecule has 0 bridgehead atoms. The van der Waals surface area contributed by atoms with Crippen LogP contribution in [0.15, 0.2) is 231 Å².